The van der Waals surface area contributed by atoms with Gasteiger partial charge in [-0.05, 0) is 29.8 Å². The van der Waals surface area contributed by atoms with E-state index in [0.717, 1.165) is 0 Å². The van der Waals surface area contributed by atoms with Gasteiger partial charge in [0.25, 0.3) is 11.8 Å². The van der Waals surface area contributed by atoms with Crippen LogP contribution in [0.15, 0.2) is 10.2 Å². The fourth-order valence-electron chi connectivity index (χ4n) is 0.851. The maximum absolute atomic E-state index is 11.0. The van der Waals surface area contributed by atoms with Crippen LogP contribution in [-0.2, 0) is 9.59 Å². The van der Waals surface area contributed by atoms with E-state index in [-0.39, 0.29) is 22.3 Å². The molecule has 0 aromatic carbocycles. The molecule has 0 radical (unpaired) electrons. The monoisotopic (exact) mass is 232 g/mol. The zero-order chi connectivity index (χ0) is 9.30. The lowest BCUT2D eigenvalue weighted by Gasteiger charge is -2.08. The average Bonchev–Trinajstić information content (AvgIpc) is 2.16. The number of imide groups is 1. The van der Waals surface area contributed by atoms with E-state index in [0.29, 0.717) is 5.70 Å². The van der Waals surface area contributed by atoms with Gasteiger partial charge in [0, 0.05) is 6.04 Å². The molecule has 12 heavy (non-hydrogen) atoms. The molecule has 0 saturated heterocycles. The first-order valence-corrected chi connectivity index (χ1v) is 4.33. The summed E-state index contributed by atoms with van der Waals surface area (Å²) in [6, 6.07) is 0.129. The summed E-state index contributed by atoms with van der Waals surface area (Å²) in [6.07, 6.45) is 0. The minimum atomic E-state index is -0.386. The predicted molar refractivity (Wildman–Crippen MR) is 47.4 cm³/mol. The fraction of sp³-hybridized carbons (Fsp3) is 0.429. The lowest BCUT2D eigenvalue weighted by atomic mass is 10.3. The van der Waals surface area contributed by atoms with E-state index in [1.165, 1.54) is 0 Å². The molecule has 2 amide bonds. The third-order valence-corrected chi connectivity index (χ3v) is 2.06. The highest BCUT2D eigenvalue weighted by Gasteiger charge is 2.28. The summed E-state index contributed by atoms with van der Waals surface area (Å²) in [5.74, 6) is -0.760. The van der Waals surface area contributed by atoms with Gasteiger partial charge < -0.3 is 5.32 Å². The Labute approximate surface area is 78.5 Å². The molecule has 2 N–H and O–H groups in total. The molecule has 66 valence electrons. The first-order valence-electron chi connectivity index (χ1n) is 3.54. The quantitative estimate of drug-likeness (QED) is 0.672. The first-order chi connectivity index (χ1) is 5.52. The zero-order valence-electron chi connectivity index (χ0n) is 6.77. The van der Waals surface area contributed by atoms with Gasteiger partial charge in [0.2, 0.25) is 0 Å². The minimum absolute atomic E-state index is 0.129. The first kappa shape index (κ1) is 9.25. The highest BCUT2D eigenvalue weighted by molar-refractivity contribution is 9.12. The summed E-state index contributed by atoms with van der Waals surface area (Å²) in [5, 5.41) is 5.03. The zero-order valence-corrected chi connectivity index (χ0v) is 8.36. The molecule has 0 aromatic rings. The maximum Gasteiger partial charge on any atom is 0.275 e. The summed E-state index contributed by atoms with van der Waals surface area (Å²) >= 11 is 3.02. The van der Waals surface area contributed by atoms with E-state index >= 15 is 0 Å². The van der Waals surface area contributed by atoms with Crippen molar-refractivity contribution in [2.45, 2.75) is 19.9 Å². The van der Waals surface area contributed by atoms with Crippen LogP contribution >= 0.6 is 15.9 Å². The predicted octanol–water partition coefficient (Wildman–Crippen LogP) is 0.247. The van der Waals surface area contributed by atoms with Gasteiger partial charge in [-0.1, -0.05) is 0 Å². The molecule has 4 nitrogen and oxygen atoms in total. The molecule has 0 aliphatic carbocycles. The van der Waals surface area contributed by atoms with Crippen molar-refractivity contribution in [3.05, 3.63) is 10.2 Å². The number of amides is 2. The van der Waals surface area contributed by atoms with Crippen molar-refractivity contribution >= 4 is 27.7 Å². The van der Waals surface area contributed by atoms with Gasteiger partial charge in [0.15, 0.2) is 0 Å². The lowest BCUT2D eigenvalue weighted by molar-refractivity contribution is -0.124. The second-order valence-corrected chi connectivity index (χ2v) is 3.56. The molecule has 1 aliphatic heterocycles. The number of nitrogens with one attached hydrogen (secondary N) is 2. The lowest BCUT2D eigenvalue weighted by Crippen LogP contribution is -2.30. The molecule has 0 fully saturated rings. The third kappa shape index (κ3) is 1.66. The van der Waals surface area contributed by atoms with Crippen LogP contribution < -0.4 is 10.6 Å². The Balaban J connectivity index is 2.85. The van der Waals surface area contributed by atoms with Gasteiger partial charge >= 0.3 is 0 Å². The van der Waals surface area contributed by atoms with Gasteiger partial charge in [-0.25, -0.2) is 0 Å². The average molecular weight is 233 g/mol. The molecule has 1 rings (SSSR count). The standard InChI is InChI=1S/C7H9BrN2O2/c1-3(2)9-5-4(8)6(11)10-7(5)12/h3H,1-2H3,(H2,9,10,11,12). The second kappa shape index (κ2) is 3.26. The van der Waals surface area contributed by atoms with Gasteiger partial charge in [-0.3, -0.25) is 14.9 Å². The van der Waals surface area contributed by atoms with Crippen molar-refractivity contribution < 1.29 is 9.59 Å². The Hall–Kier alpha value is -0.840. The van der Waals surface area contributed by atoms with E-state index in [4.69, 9.17) is 0 Å². The number of hydrogen-bond acceptors (Lipinski definition) is 3. The largest absolute Gasteiger partial charge is 0.377 e. The van der Waals surface area contributed by atoms with Crippen molar-refractivity contribution in [2.75, 3.05) is 0 Å². The highest BCUT2D eigenvalue weighted by Crippen LogP contribution is 2.16. The van der Waals surface area contributed by atoms with Crippen LogP contribution in [0.4, 0.5) is 0 Å². The molecule has 0 atom stereocenters. The summed E-state index contributed by atoms with van der Waals surface area (Å²) in [4.78, 5) is 21.9. The molecule has 0 unspecified atom stereocenters. The molecular weight excluding hydrogens is 224 g/mol. The van der Waals surface area contributed by atoms with Crippen LogP contribution in [-0.4, -0.2) is 17.9 Å². The van der Waals surface area contributed by atoms with Crippen LogP contribution in [0.1, 0.15) is 13.8 Å². The normalized spacial score (nSPS) is 17.3. The Morgan fingerprint density at radius 2 is 1.92 bits per heavy atom. The molecule has 1 heterocycles. The van der Waals surface area contributed by atoms with Gasteiger partial charge in [0.05, 0.1) is 0 Å². The number of rotatable bonds is 2. The van der Waals surface area contributed by atoms with Gasteiger partial charge in [0.1, 0.15) is 10.2 Å². The molecular formula is C7H9BrN2O2. The molecule has 1 aliphatic rings. The summed E-state index contributed by atoms with van der Waals surface area (Å²) in [5.41, 5.74) is 0.315. The van der Waals surface area contributed by atoms with Crippen LogP contribution in [0, 0.1) is 0 Å². The topological polar surface area (TPSA) is 58.2 Å². The summed E-state index contributed by atoms with van der Waals surface area (Å²) in [6.45, 7) is 3.78. The van der Waals surface area contributed by atoms with Gasteiger partial charge in [-0.2, -0.15) is 0 Å². The van der Waals surface area contributed by atoms with Crippen LogP contribution in [0.5, 0.6) is 0 Å². The van der Waals surface area contributed by atoms with Crippen LogP contribution in [0.25, 0.3) is 0 Å². The second-order valence-electron chi connectivity index (χ2n) is 2.77. The van der Waals surface area contributed by atoms with Crippen molar-refractivity contribution in [3.8, 4) is 0 Å². The molecule has 0 bridgehead atoms. The SMILES string of the molecule is CC(C)NC1=C(Br)C(=O)NC1=O. The van der Waals surface area contributed by atoms with Crippen LogP contribution in [0.2, 0.25) is 0 Å². The van der Waals surface area contributed by atoms with E-state index in [1.807, 2.05) is 13.8 Å². The number of carbonyl (C=O) groups excluding carboxylic acids is 2. The minimum Gasteiger partial charge on any atom is -0.377 e. The number of hydrogen-bond donors (Lipinski definition) is 2. The molecule has 5 heteroatoms. The Morgan fingerprint density at radius 3 is 2.25 bits per heavy atom. The molecule has 0 aromatic heterocycles. The third-order valence-electron chi connectivity index (χ3n) is 1.31. The summed E-state index contributed by atoms with van der Waals surface area (Å²) < 4.78 is 0.279. The number of halogens is 1. The van der Waals surface area contributed by atoms with Crippen molar-refractivity contribution in [3.63, 3.8) is 0 Å². The van der Waals surface area contributed by atoms with Crippen LogP contribution in [0.3, 0.4) is 0 Å². The van der Waals surface area contributed by atoms with E-state index in [2.05, 4.69) is 26.6 Å². The van der Waals surface area contributed by atoms with E-state index in [1.54, 1.807) is 0 Å². The molecule has 0 spiro atoms. The van der Waals surface area contributed by atoms with E-state index < -0.39 is 0 Å². The Morgan fingerprint density at radius 1 is 1.33 bits per heavy atom. The van der Waals surface area contributed by atoms with E-state index in [9.17, 15) is 9.59 Å². The molecule has 0 saturated carbocycles. The maximum atomic E-state index is 11.0. The van der Waals surface area contributed by atoms with Crippen molar-refractivity contribution in [2.24, 2.45) is 0 Å². The van der Waals surface area contributed by atoms with Gasteiger partial charge in [-0.15, -0.1) is 0 Å². The Bertz CT molecular complexity index is 271. The summed E-state index contributed by atoms with van der Waals surface area (Å²) in [7, 11) is 0. The van der Waals surface area contributed by atoms with Crippen molar-refractivity contribution in [1.82, 2.24) is 10.6 Å². The Kier molecular flexibility index (Phi) is 2.52. The number of carbonyl (C=O) groups is 2. The smallest absolute Gasteiger partial charge is 0.275 e. The fourth-order valence-corrected chi connectivity index (χ4v) is 1.24. The van der Waals surface area contributed by atoms with Crippen molar-refractivity contribution in [1.29, 1.82) is 0 Å². The highest BCUT2D eigenvalue weighted by atomic mass is 79.9.